The van der Waals surface area contributed by atoms with E-state index < -0.39 is 0 Å². The van der Waals surface area contributed by atoms with Crippen LogP contribution in [0.1, 0.15) is 32.8 Å². The molecule has 0 amide bonds. The molecule has 1 aliphatic rings. The smallest absolute Gasteiger partial charge is 0.0354 e. The molecule has 0 saturated heterocycles. The van der Waals surface area contributed by atoms with Crippen LogP contribution in [0.3, 0.4) is 0 Å². The standard InChI is InChI=1S/C15H20N2/c1-10-8-15(3,17)9-11(2)14(10)12-4-6-13(16)7-5-12/h4-8H,9,16-17H2,1-3H3. The Kier molecular flexibility index (Phi) is 2.84. The average Bonchev–Trinajstić information content (AvgIpc) is 2.18. The highest BCUT2D eigenvalue weighted by atomic mass is 14.7. The molecule has 0 spiro atoms. The monoisotopic (exact) mass is 228 g/mol. The minimum atomic E-state index is -0.217. The van der Waals surface area contributed by atoms with Crippen LogP contribution in [0.5, 0.6) is 0 Å². The van der Waals surface area contributed by atoms with E-state index in [2.05, 4.69) is 39.0 Å². The first-order chi connectivity index (χ1) is 7.89. The van der Waals surface area contributed by atoms with Gasteiger partial charge in [-0.3, -0.25) is 0 Å². The minimum absolute atomic E-state index is 0.217. The summed E-state index contributed by atoms with van der Waals surface area (Å²) in [4.78, 5) is 0. The molecule has 2 rings (SSSR count). The summed E-state index contributed by atoms with van der Waals surface area (Å²) in [6.07, 6.45) is 3.07. The number of rotatable bonds is 1. The Morgan fingerprint density at radius 3 is 2.24 bits per heavy atom. The van der Waals surface area contributed by atoms with Gasteiger partial charge in [0.1, 0.15) is 0 Å². The Morgan fingerprint density at radius 1 is 1.12 bits per heavy atom. The molecular formula is C15H20N2. The van der Waals surface area contributed by atoms with Gasteiger partial charge in [-0.25, -0.2) is 0 Å². The Bertz CT molecular complexity index is 490. The van der Waals surface area contributed by atoms with E-state index in [1.807, 2.05) is 12.1 Å². The molecule has 2 heteroatoms. The zero-order valence-corrected chi connectivity index (χ0v) is 10.7. The molecule has 0 heterocycles. The molecule has 4 N–H and O–H groups in total. The van der Waals surface area contributed by atoms with Gasteiger partial charge in [0.25, 0.3) is 0 Å². The topological polar surface area (TPSA) is 52.0 Å². The molecule has 2 nitrogen and oxygen atoms in total. The number of benzene rings is 1. The maximum atomic E-state index is 6.19. The largest absolute Gasteiger partial charge is 0.399 e. The van der Waals surface area contributed by atoms with E-state index in [-0.39, 0.29) is 5.54 Å². The van der Waals surface area contributed by atoms with E-state index in [0.29, 0.717) is 0 Å². The fourth-order valence-corrected chi connectivity index (χ4v) is 2.74. The predicted molar refractivity (Wildman–Crippen MR) is 74.4 cm³/mol. The fourth-order valence-electron chi connectivity index (χ4n) is 2.74. The van der Waals surface area contributed by atoms with Gasteiger partial charge in [-0.2, -0.15) is 0 Å². The number of nitrogen functional groups attached to an aromatic ring is 1. The molecule has 0 aliphatic heterocycles. The van der Waals surface area contributed by atoms with Gasteiger partial charge in [0.15, 0.2) is 0 Å². The van der Waals surface area contributed by atoms with E-state index in [9.17, 15) is 0 Å². The molecule has 1 aliphatic carbocycles. The highest BCUT2D eigenvalue weighted by Crippen LogP contribution is 2.36. The first-order valence-electron chi connectivity index (χ1n) is 5.93. The van der Waals surface area contributed by atoms with Crippen molar-refractivity contribution < 1.29 is 0 Å². The van der Waals surface area contributed by atoms with Crippen molar-refractivity contribution in [3.8, 4) is 0 Å². The van der Waals surface area contributed by atoms with Gasteiger partial charge in [0, 0.05) is 11.2 Å². The van der Waals surface area contributed by atoms with E-state index in [4.69, 9.17) is 11.5 Å². The second-order valence-corrected chi connectivity index (χ2v) is 5.29. The number of hydrogen-bond acceptors (Lipinski definition) is 2. The highest BCUT2D eigenvalue weighted by molar-refractivity contribution is 5.82. The third-order valence-corrected chi connectivity index (χ3v) is 3.21. The van der Waals surface area contributed by atoms with Crippen LogP contribution >= 0.6 is 0 Å². The summed E-state index contributed by atoms with van der Waals surface area (Å²) in [5.74, 6) is 0. The molecule has 1 aromatic rings. The van der Waals surface area contributed by atoms with E-state index >= 15 is 0 Å². The normalized spacial score (nSPS) is 24.8. The van der Waals surface area contributed by atoms with Crippen molar-refractivity contribution in [2.75, 3.05) is 5.73 Å². The molecule has 1 unspecified atom stereocenters. The van der Waals surface area contributed by atoms with Gasteiger partial charge in [-0.15, -0.1) is 0 Å². The van der Waals surface area contributed by atoms with Crippen LogP contribution in [0.15, 0.2) is 41.5 Å². The highest BCUT2D eigenvalue weighted by Gasteiger charge is 2.24. The van der Waals surface area contributed by atoms with Crippen molar-refractivity contribution in [2.24, 2.45) is 5.73 Å². The summed E-state index contributed by atoms with van der Waals surface area (Å²) >= 11 is 0. The summed E-state index contributed by atoms with van der Waals surface area (Å²) in [7, 11) is 0. The van der Waals surface area contributed by atoms with Crippen LogP contribution in [-0.2, 0) is 0 Å². The van der Waals surface area contributed by atoms with Crippen molar-refractivity contribution in [2.45, 2.75) is 32.7 Å². The second-order valence-electron chi connectivity index (χ2n) is 5.29. The third-order valence-electron chi connectivity index (χ3n) is 3.21. The van der Waals surface area contributed by atoms with Crippen molar-refractivity contribution in [3.63, 3.8) is 0 Å². The first-order valence-corrected chi connectivity index (χ1v) is 5.93. The first kappa shape index (κ1) is 11.9. The van der Waals surface area contributed by atoms with Gasteiger partial charge >= 0.3 is 0 Å². The summed E-state index contributed by atoms with van der Waals surface area (Å²) < 4.78 is 0. The van der Waals surface area contributed by atoms with Gasteiger partial charge in [0.2, 0.25) is 0 Å². The lowest BCUT2D eigenvalue weighted by Crippen LogP contribution is -2.36. The Hall–Kier alpha value is -1.54. The third kappa shape index (κ3) is 2.42. The van der Waals surface area contributed by atoms with Crippen molar-refractivity contribution >= 4 is 11.3 Å². The molecule has 90 valence electrons. The summed E-state index contributed by atoms with van der Waals surface area (Å²) in [5, 5.41) is 0. The van der Waals surface area contributed by atoms with Crippen molar-refractivity contribution in [1.82, 2.24) is 0 Å². The van der Waals surface area contributed by atoms with Crippen LogP contribution in [0.2, 0.25) is 0 Å². The minimum Gasteiger partial charge on any atom is -0.399 e. The summed E-state index contributed by atoms with van der Waals surface area (Å²) in [6.45, 7) is 6.35. The van der Waals surface area contributed by atoms with Gasteiger partial charge < -0.3 is 11.5 Å². The van der Waals surface area contributed by atoms with Crippen LogP contribution in [0.25, 0.3) is 5.57 Å². The number of allylic oxidation sites excluding steroid dienone is 2. The van der Waals surface area contributed by atoms with Crippen LogP contribution < -0.4 is 11.5 Å². The Labute approximate surface area is 103 Å². The molecule has 1 aromatic carbocycles. The molecule has 0 radical (unpaired) electrons. The number of anilines is 1. The molecule has 0 saturated carbocycles. The van der Waals surface area contributed by atoms with Crippen molar-refractivity contribution in [1.29, 1.82) is 0 Å². The zero-order chi connectivity index (χ0) is 12.6. The number of hydrogen-bond donors (Lipinski definition) is 2. The summed E-state index contributed by atoms with van der Waals surface area (Å²) in [5.41, 5.74) is 17.6. The lowest BCUT2D eigenvalue weighted by atomic mass is 9.80. The van der Waals surface area contributed by atoms with E-state index in [1.165, 1.54) is 22.3 Å². The molecular weight excluding hydrogens is 208 g/mol. The second kappa shape index (κ2) is 4.04. The molecule has 0 bridgehead atoms. The van der Waals surface area contributed by atoms with Crippen LogP contribution in [0.4, 0.5) is 5.69 Å². The fraction of sp³-hybridized carbons (Fsp3) is 0.333. The quantitative estimate of drug-likeness (QED) is 0.726. The van der Waals surface area contributed by atoms with Gasteiger partial charge in [-0.05, 0) is 56.0 Å². The Balaban J connectivity index is 2.46. The SMILES string of the molecule is CC1=CC(C)(N)CC(C)=C1c1ccc(N)cc1. The summed E-state index contributed by atoms with van der Waals surface area (Å²) in [6, 6.07) is 8.04. The lowest BCUT2D eigenvalue weighted by molar-refractivity contribution is 0.570. The number of nitrogens with two attached hydrogens (primary N) is 2. The zero-order valence-electron chi connectivity index (χ0n) is 10.7. The maximum Gasteiger partial charge on any atom is 0.0354 e. The van der Waals surface area contributed by atoms with Crippen molar-refractivity contribution in [3.05, 3.63) is 47.1 Å². The van der Waals surface area contributed by atoms with E-state index in [1.54, 1.807) is 0 Å². The maximum absolute atomic E-state index is 6.19. The van der Waals surface area contributed by atoms with Gasteiger partial charge in [-0.1, -0.05) is 23.8 Å². The Morgan fingerprint density at radius 2 is 1.71 bits per heavy atom. The van der Waals surface area contributed by atoms with E-state index in [0.717, 1.165) is 12.1 Å². The molecule has 17 heavy (non-hydrogen) atoms. The molecule has 0 aromatic heterocycles. The predicted octanol–water partition coefficient (Wildman–Crippen LogP) is 3.11. The average molecular weight is 228 g/mol. The molecule has 0 fully saturated rings. The van der Waals surface area contributed by atoms with Gasteiger partial charge in [0.05, 0.1) is 0 Å². The lowest BCUT2D eigenvalue weighted by Gasteiger charge is -2.29. The molecule has 1 atom stereocenters. The van der Waals surface area contributed by atoms with Crippen LogP contribution in [-0.4, -0.2) is 5.54 Å². The van der Waals surface area contributed by atoms with Crippen LogP contribution in [0, 0.1) is 0 Å².